The van der Waals surface area contributed by atoms with Crippen LogP contribution in [-0.4, -0.2) is 41.4 Å². The molecule has 112 valence electrons. The third-order valence-electron chi connectivity index (χ3n) is 3.68. The summed E-state index contributed by atoms with van der Waals surface area (Å²) in [7, 11) is -3.79. The summed E-state index contributed by atoms with van der Waals surface area (Å²) in [5.74, 6) is -1.13. The van der Waals surface area contributed by atoms with Gasteiger partial charge in [0.25, 0.3) is 0 Å². The SMILES string of the molecule is O=C(O)CN(C1CCC1)S(=O)(=O)c1ccc2ncsc2c1. The molecule has 21 heavy (non-hydrogen) atoms. The van der Waals surface area contributed by atoms with Gasteiger partial charge in [0.1, 0.15) is 6.54 Å². The zero-order chi connectivity index (χ0) is 15.0. The molecule has 1 fully saturated rings. The number of carboxylic acids is 1. The topological polar surface area (TPSA) is 87.6 Å². The van der Waals surface area contributed by atoms with Crippen LogP contribution < -0.4 is 0 Å². The second kappa shape index (κ2) is 5.36. The van der Waals surface area contributed by atoms with Gasteiger partial charge in [-0.1, -0.05) is 6.42 Å². The summed E-state index contributed by atoms with van der Waals surface area (Å²) in [5.41, 5.74) is 2.40. The van der Waals surface area contributed by atoms with Gasteiger partial charge in [-0.15, -0.1) is 11.3 Å². The largest absolute Gasteiger partial charge is 0.480 e. The van der Waals surface area contributed by atoms with E-state index in [9.17, 15) is 13.2 Å². The van der Waals surface area contributed by atoms with Crippen LogP contribution in [0.2, 0.25) is 0 Å². The van der Waals surface area contributed by atoms with Crippen LogP contribution in [0.25, 0.3) is 10.2 Å². The van der Waals surface area contributed by atoms with E-state index in [1.54, 1.807) is 17.6 Å². The van der Waals surface area contributed by atoms with Crippen molar-refractivity contribution in [1.82, 2.24) is 9.29 Å². The summed E-state index contributed by atoms with van der Waals surface area (Å²) in [6, 6.07) is 4.50. The molecule has 0 bridgehead atoms. The molecule has 0 atom stereocenters. The Labute approximate surface area is 126 Å². The monoisotopic (exact) mass is 326 g/mol. The molecule has 1 aliphatic carbocycles. The summed E-state index contributed by atoms with van der Waals surface area (Å²) in [4.78, 5) is 15.2. The van der Waals surface area contributed by atoms with Crippen molar-refractivity contribution in [2.75, 3.05) is 6.54 Å². The molecule has 2 aromatic rings. The highest BCUT2D eigenvalue weighted by Crippen LogP contribution is 2.31. The summed E-state index contributed by atoms with van der Waals surface area (Å²) < 4.78 is 27.3. The number of thiazole rings is 1. The van der Waals surface area contributed by atoms with E-state index >= 15 is 0 Å². The van der Waals surface area contributed by atoms with Crippen LogP contribution in [-0.2, 0) is 14.8 Å². The molecule has 6 nitrogen and oxygen atoms in total. The normalized spacial score (nSPS) is 16.2. The van der Waals surface area contributed by atoms with Gasteiger partial charge in [0.2, 0.25) is 10.0 Å². The Bertz CT molecular complexity index is 780. The average Bonchev–Trinajstić information content (AvgIpc) is 2.82. The van der Waals surface area contributed by atoms with Gasteiger partial charge in [0, 0.05) is 6.04 Å². The van der Waals surface area contributed by atoms with Gasteiger partial charge in [0.15, 0.2) is 0 Å². The van der Waals surface area contributed by atoms with Crippen LogP contribution in [0.1, 0.15) is 19.3 Å². The number of fused-ring (bicyclic) bond motifs is 1. The van der Waals surface area contributed by atoms with E-state index in [1.165, 1.54) is 17.4 Å². The Kier molecular flexibility index (Phi) is 3.68. The predicted molar refractivity (Wildman–Crippen MR) is 78.8 cm³/mol. The lowest BCUT2D eigenvalue weighted by Gasteiger charge is -2.35. The molecule has 0 amide bonds. The van der Waals surface area contributed by atoms with Crippen molar-refractivity contribution < 1.29 is 18.3 Å². The van der Waals surface area contributed by atoms with E-state index in [0.717, 1.165) is 33.8 Å². The summed E-state index contributed by atoms with van der Waals surface area (Å²) in [6.07, 6.45) is 2.37. The van der Waals surface area contributed by atoms with Crippen LogP contribution in [0.15, 0.2) is 28.6 Å². The number of sulfonamides is 1. The lowest BCUT2D eigenvalue weighted by Crippen LogP contribution is -2.46. The molecule has 0 spiro atoms. The minimum Gasteiger partial charge on any atom is -0.480 e. The summed E-state index contributed by atoms with van der Waals surface area (Å²) in [5, 5.41) is 8.99. The van der Waals surface area contributed by atoms with Crippen molar-refractivity contribution in [3.05, 3.63) is 23.7 Å². The molecule has 1 saturated carbocycles. The van der Waals surface area contributed by atoms with Crippen molar-refractivity contribution in [2.45, 2.75) is 30.2 Å². The molecule has 1 N–H and O–H groups in total. The van der Waals surface area contributed by atoms with Crippen LogP contribution in [0.4, 0.5) is 0 Å². The van der Waals surface area contributed by atoms with Crippen molar-refractivity contribution in [3.63, 3.8) is 0 Å². The minimum atomic E-state index is -3.79. The number of carboxylic acid groups (broad SMARTS) is 1. The van der Waals surface area contributed by atoms with Crippen molar-refractivity contribution in [1.29, 1.82) is 0 Å². The number of benzene rings is 1. The van der Waals surface area contributed by atoms with E-state index < -0.39 is 22.5 Å². The van der Waals surface area contributed by atoms with Crippen LogP contribution in [0.3, 0.4) is 0 Å². The molecule has 0 saturated heterocycles. The third kappa shape index (κ3) is 2.66. The summed E-state index contributed by atoms with van der Waals surface area (Å²) >= 11 is 1.36. The maximum Gasteiger partial charge on any atom is 0.318 e. The Hall–Kier alpha value is -1.51. The number of hydrogen-bond donors (Lipinski definition) is 1. The highest BCUT2D eigenvalue weighted by molar-refractivity contribution is 7.89. The van der Waals surface area contributed by atoms with Crippen molar-refractivity contribution in [2.24, 2.45) is 0 Å². The van der Waals surface area contributed by atoms with E-state index in [4.69, 9.17) is 5.11 Å². The molecule has 1 aromatic heterocycles. The maximum absolute atomic E-state index is 12.7. The zero-order valence-corrected chi connectivity index (χ0v) is 12.7. The predicted octanol–water partition coefficient (Wildman–Crippen LogP) is 1.92. The first kappa shape index (κ1) is 14.4. The van der Waals surface area contributed by atoms with E-state index in [2.05, 4.69) is 4.98 Å². The molecular weight excluding hydrogens is 312 g/mol. The minimum absolute atomic E-state index is 0.132. The van der Waals surface area contributed by atoms with Gasteiger partial charge in [0.05, 0.1) is 20.6 Å². The number of aromatic nitrogens is 1. The molecule has 0 aliphatic heterocycles. The van der Waals surface area contributed by atoms with Crippen LogP contribution >= 0.6 is 11.3 Å². The van der Waals surface area contributed by atoms with Gasteiger partial charge in [-0.3, -0.25) is 4.79 Å². The molecule has 3 rings (SSSR count). The van der Waals surface area contributed by atoms with Gasteiger partial charge < -0.3 is 5.11 Å². The Morgan fingerprint density at radius 2 is 2.19 bits per heavy atom. The lowest BCUT2D eigenvalue weighted by molar-refractivity contribution is -0.137. The van der Waals surface area contributed by atoms with Gasteiger partial charge >= 0.3 is 5.97 Å². The summed E-state index contributed by atoms with van der Waals surface area (Å²) in [6.45, 7) is -0.492. The number of rotatable bonds is 5. The fourth-order valence-corrected chi connectivity index (χ4v) is 4.80. The standard InChI is InChI=1S/C13H14N2O4S2/c16-13(17)7-15(9-2-1-3-9)21(18,19)10-4-5-11-12(6-10)20-8-14-11/h4-6,8-9H,1-3,7H2,(H,16,17). The molecule has 0 radical (unpaired) electrons. The van der Waals surface area contributed by atoms with E-state index in [1.807, 2.05) is 0 Å². The zero-order valence-electron chi connectivity index (χ0n) is 11.1. The first-order valence-corrected chi connectivity index (χ1v) is 8.87. The van der Waals surface area contributed by atoms with Crippen molar-refractivity contribution >= 4 is 37.5 Å². The number of aliphatic carboxylic acids is 1. The van der Waals surface area contributed by atoms with Gasteiger partial charge in [-0.2, -0.15) is 4.31 Å². The third-order valence-corrected chi connectivity index (χ3v) is 6.37. The van der Waals surface area contributed by atoms with Crippen LogP contribution in [0, 0.1) is 0 Å². The lowest BCUT2D eigenvalue weighted by atomic mass is 9.93. The second-order valence-electron chi connectivity index (χ2n) is 5.01. The number of carbonyl (C=O) groups is 1. The number of hydrogen-bond acceptors (Lipinski definition) is 5. The molecular formula is C13H14N2O4S2. The Morgan fingerprint density at radius 1 is 1.43 bits per heavy atom. The smallest absolute Gasteiger partial charge is 0.318 e. The highest BCUT2D eigenvalue weighted by Gasteiger charge is 2.36. The van der Waals surface area contributed by atoms with Gasteiger partial charge in [-0.05, 0) is 31.0 Å². The van der Waals surface area contributed by atoms with Gasteiger partial charge in [-0.25, -0.2) is 13.4 Å². The average molecular weight is 326 g/mol. The Morgan fingerprint density at radius 3 is 2.81 bits per heavy atom. The molecule has 1 heterocycles. The fourth-order valence-electron chi connectivity index (χ4n) is 2.35. The quantitative estimate of drug-likeness (QED) is 0.907. The highest BCUT2D eigenvalue weighted by atomic mass is 32.2. The Balaban J connectivity index is 2.00. The van der Waals surface area contributed by atoms with Crippen LogP contribution in [0.5, 0.6) is 0 Å². The number of nitrogens with zero attached hydrogens (tertiary/aromatic N) is 2. The first-order chi connectivity index (χ1) is 9.98. The van der Waals surface area contributed by atoms with Crippen molar-refractivity contribution in [3.8, 4) is 0 Å². The molecule has 1 aliphatic rings. The fraction of sp³-hybridized carbons (Fsp3) is 0.385. The maximum atomic E-state index is 12.7. The molecule has 1 aromatic carbocycles. The second-order valence-corrected chi connectivity index (χ2v) is 7.79. The first-order valence-electron chi connectivity index (χ1n) is 6.55. The molecule has 0 unspecified atom stereocenters. The van der Waals surface area contributed by atoms with E-state index in [-0.39, 0.29) is 10.9 Å². The van der Waals surface area contributed by atoms with E-state index in [0.29, 0.717) is 0 Å². The molecule has 8 heteroatoms.